The molecule has 152 valence electrons. The van der Waals surface area contributed by atoms with Crippen LogP contribution in [0.3, 0.4) is 0 Å². The van der Waals surface area contributed by atoms with Crippen LogP contribution in [0.1, 0.15) is 30.7 Å². The van der Waals surface area contributed by atoms with E-state index in [0.717, 1.165) is 0 Å². The first-order valence-electron chi connectivity index (χ1n) is 8.58. The minimum absolute atomic E-state index is 0.0870. The summed E-state index contributed by atoms with van der Waals surface area (Å²) < 4.78 is 16.2. The molecule has 0 saturated heterocycles. The topological polar surface area (TPSA) is 131 Å². The molecule has 2 unspecified atom stereocenters. The number of likely N-dealkylation sites (N-methyl/N-ethyl adjacent to an activating group) is 1. The number of carbonyl (C=O) groups excluding carboxylic acids is 2. The second-order valence-corrected chi connectivity index (χ2v) is 5.67. The van der Waals surface area contributed by atoms with Crippen LogP contribution in [0, 0.1) is 6.92 Å². The molecule has 0 aliphatic carbocycles. The number of aliphatic hydroxyl groups excluding tert-OH is 1. The molecule has 2 amide bonds. The summed E-state index contributed by atoms with van der Waals surface area (Å²) in [5.41, 5.74) is 1.56. The highest BCUT2D eigenvalue weighted by Crippen LogP contribution is 2.28. The maximum absolute atomic E-state index is 11.5. The quantitative estimate of drug-likeness (QED) is 0.460. The van der Waals surface area contributed by atoms with E-state index in [0.29, 0.717) is 29.1 Å². The van der Waals surface area contributed by atoms with Crippen LogP contribution in [0.25, 0.3) is 0 Å². The number of rotatable bonds is 9. The molecule has 10 heteroatoms. The fourth-order valence-electron chi connectivity index (χ4n) is 2.18. The number of nitrogens with zero attached hydrogens (tertiary/aromatic N) is 1. The first-order valence-corrected chi connectivity index (χ1v) is 8.58. The molecular weight excluding hydrogens is 356 g/mol. The highest BCUT2D eigenvalue weighted by atomic mass is 16.6. The van der Waals surface area contributed by atoms with Crippen molar-refractivity contribution < 1.29 is 28.9 Å². The number of hydrogen-bond acceptors (Lipinski definition) is 8. The number of aryl methyl sites for hydroxylation is 1. The number of alkyl carbamates (subject to hydrolysis) is 2. The molecule has 27 heavy (non-hydrogen) atoms. The largest absolute Gasteiger partial charge is 0.470 e. The summed E-state index contributed by atoms with van der Waals surface area (Å²) in [5.74, 6) is 0.351. The number of amides is 2. The average Bonchev–Trinajstić information content (AvgIpc) is 2.65. The highest BCUT2D eigenvalue weighted by Gasteiger charge is 2.22. The van der Waals surface area contributed by atoms with Gasteiger partial charge in [0.2, 0.25) is 0 Å². The predicted molar refractivity (Wildman–Crippen MR) is 97.2 cm³/mol. The number of pyridine rings is 1. The molecule has 0 aromatic carbocycles. The molecule has 0 aliphatic heterocycles. The standard InChI is InChI=1S/C17H28N4O6/c1-6-20-15(11(3)22)27-14-10(2)21-7-12(8-25-16(23)18-4)13(14)9-26-17(24)19-5/h7,11,15,20,22H,6,8-9H2,1-5H3,(H,18,23)(H,19,24). The minimum Gasteiger partial charge on any atom is -0.470 e. The van der Waals surface area contributed by atoms with Gasteiger partial charge in [0, 0.05) is 31.4 Å². The van der Waals surface area contributed by atoms with E-state index < -0.39 is 24.5 Å². The second-order valence-electron chi connectivity index (χ2n) is 5.67. The molecule has 0 aliphatic rings. The summed E-state index contributed by atoms with van der Waals surface area (Å²) in [4.78, 5) is 27.2. The summed E-state index contributed by atoms with van der Waals surface area (Å²) in [7, 11) is 2.89. The first-order chi connectivity index (χ1) is 12.8. The number of aromatic nitrogens is 1. The van der Waals surface area contributed by atoms with E-state index in [9.17, 15) is 14.7 Å². The molecule has 1 heterocycles. The third kappa shape index (κ3) is 6.91. The Balaban J connectivity index is 3.22. The van der Waals surface area contributed by atoms with Gasteiger partial charge < -0.3 is 30.0 Å². The van der Waals surface area contributed by atoms with E-state index in [4.69, 9.17) is 14.2 Å². The summed E-state index contributed by atoms with van der Waals surface area (Å²) in [5, 5.41) is 17.7. The van der Waals surface area contributed by atoms with Gasteiger partial charge in [0.15, 0.2) is 6.23 Å². The first kappa shape index (κ1) is 22.5. The van der Waals surface area contributed by atoms with Crippen molar-refractivity contribution >= 4 is 12.2 Å². The van der Waals surface area contributed by atoms with Gasteiger partial charge in [-0.2, -0.15) is 0 Å². The van der Waals surface area contributed by atoms with Gasteiger partial charge in [-0.05, 0) is 20.4 Å². The lowest BCUT2D eigenvalue weighted by atomic mass is 10.1. The normalized spacial score (nSPS) is 12.7. The van der Waals surface area contributed by atoms with Crippen molar-refractivity contribution in [3.8, 4) is 5.75 Å². The number of nitrogens with one attached hydrogen (secondary N) is 3. The van der Waals surface area contributed by atoms with E-state index in [-0.39, 0.29) is 13.2 Å². The van der Waals surface area contributed by atoms with Crippen LogP contribution in [0.15, 0.2) is 6.20 Å². The molecule has 0 saturated carbocycles. The fraction of sp³-hybridized carbons (Fsp3) is 0.588. The molecule has 0 spiro atoms. The number of aliphatic hydroxyl groups is 1. The SMILES string of the molecule is CCNC(Oc1c(C)ncc(COC(=O)NC)c1COC(=O)NC)C(C)O. The number of hydrogen-bond donors (Lipinski definition) is 4. The van der Waals surface area contributed by atoms with Gasteiger partial charge in [0.25, 0.3) is 0 Å². The van der Waals surface area contributed by atoms with Gasteiger partial charge in [0.05, 0.1) is 5.69 Å². The van der Waals surface area contributed by atoms with E-state index >= 15 is 0 Å². The zero-order chi connectivity index (χ0) is 20.4. The van der Waals surface area contributed by atoms with E-state index in [1.165, 1.54) is 20.3 Å². The van der Waals surface area contributed by atoms with Crippen LogP contribution in [0.4, 0.5) is 9.59 Å². The van der Waals surface area contributed by atoms with Gasteiger partial charge in [-0.25, -0.2) is 9.59 Å². The molecule has 2 atom stereocenters. The highest BCUT2D eigenvalue weighted by molar-refractivity contribution is 5.67. The minimum atomic E-state index is -0.803. The van der Waals surface area contributed by atoms with Crippen LogP contribution < -0.4 is 20.7 Å². The number of ether oxygens (including phenoxy) is 3. The van der Waals surface area contributed by atoms with Crippen LogP contribution in [0.2, 0.25) is 0 Å². The van der Waals surface area contributed by atoms with Gasteiger partial charge in [0.1, 0.15) is 25.1 Å². The molecule has 10 nitrogen and oxygen atoms in total. The van der Waals surface area contributed by atoms with Crippen molar-refractivity contribution in [2.24, 2.45) is 0 Å². The van der Waals surface area contributed by atoms with E-state index in [2.05, 4.69) is 20.9 Å². The smallest absolute Gasteiger partial charge is 0.407 e. The van der Waals surface area contributed by atoms with Crippen LogP contribution in [-0.4, -0.2) is 55.2 Å². The molecule has 0 fully saturated rings. The molecular formula is C17H28N4O6. The second kappa shape index (κ2) is 11.2. The molecule has 4 N–H and O–H groups in total. The average molecular weight is 384 g/mol. The zero-order valence-corrected chi connectivity index (χ0v) is 16.3. The Morgan fingerprint density at radius 3 is 2.30 bits per heavy atom. The Morgan fingerprint density at radius 1 is 1.19 bits per heavy atom. The van der Waals surface area contributed by atoms with E-state index in [1.807, 2.05) is 6.92 Å². The third-order valence-corrected chi connectivity index (χ3v) is 3.61. The van der Waals surface area contributed by atoms with Crippen LogP contribution in [-0.2, 0) is 22.7 Å². The summed E-state index contributed by atoms with van der Waals surface area (Å²) in [6.07, 6.45) is -1.19. The lowest BCUT2D eigenvalue weighted by Gasteiger charge is -2.25. The molecule has 1 aromatic rings. The zero-order valence-electron chi connectivity index (χ0n) is 16.3. The Bertz CT molecular complexity index is 638. The summed E-state index contributed by atoms with van der Waals surface area (Å²) in [6, 6.07) is 0. The predicted octanol–water partition coefficient (Wildman–Crippen LogP) is 0.797. The van der Waals surface area contributed by atoms with Crippen LogP contribution in [0.5, 0.6) is 5.75 Å². The summed E-state index contributed by atoms with van der Waals surface area (Å²) >= 11 is 0. The van der Waals surface area contributed by atoms with Crippen molar-refractivity contribution in [2.45, 2.75) is 46.3 Å². The van der Waals surface area contributed by atoms with Crippen molar-refractivity contribution in [3.05, 3.63) is 23.0 Å². The molecule has 1 aromatic heterocycles. The lowest BCUT2D eigenvalue weighted by molar-refractivity contribution is 0.0257. The maximum atomic E-state index is 11.5. The Kier molecular flexibility index (Phi) is 9.31. The summed E-state index contributed by atoms with van der Waals surface area (Å²) in [6.45, 7) is 5.57. The maximum Gasteiger partial charge on any atom is 0.407 e. The molecule has 0 radical (unpaired) electrons. The third-order valence-electron chi connectivity index (χ3n) is 3.61. The van der Waals surface area contributed by atoms with Crippen molar-refractivity contribution in [3.63, 3.8) is 0 Å². The monoisotopic (exact) mass is 384 g/mol. The lowest BCUT2D eigenvalue weighted by Crippen LogP contribution is -2.43. The molecule has 0 bridgehead atoms. The van der Waals surface area contributed by atoms with Crippen LogP contribution >= 0.6 is 0 Å². The van der Waals surface area contributed by atoms with Crippen molar-refractivity contribution in [2.75, 3.05) is 20.6 Å². The molecule has 1 rings (SSSR count). The van der Waals surface area contributed by atoms with Gasteiger partial charge in [-0.1, -0.05) is 6.92 Å². The van der Waals surface area contributed by atoms with E-state index in [1.54, 1.807) is 13.8 Å². The fourth-order valence-corrected chi connectivity index (χ4v) is 2.18. The number of carbonyl (C=O) groups is 2. The van der Waals surface area contributed by atoms with Gasteiger partial charge >= 0.3 is 12.2 Å². The Morgan fingerprint density at radius 2 is 1.78 bits per heavy atom. The Hall–Kier alpha value is -2.59. The Labute approximate surface area is 158 Å². The van der Waals surface area contributed by atoms with Gasteiger partial charge in [-0.15, -0.1) is 0 Å². The van der Waals surface area contributed by atoms with Gasteiger partial charge in [-0.3, -0.25) is 10.3 Å². The van der Waals surface area contributed by atoms with Crippen molar-refractivity contribution in [1.82, 2.24) is 20.9 Å². The van der Waals surface area contributed by atoms with Crippen molar-refractivity contribution in [1.29, 1.82) is 0 Å².